The first kappa shape index (κ1) is 19.8. The van der Waals surface area contributed by atoms with Crippen LogP contribution >= 0.6 is 0 Å². The lowest BCUT2D eigenvalue weighted by atomic mass is 10.1. The summed E-state index contributed by atoms with van der Waals surface area (Å²) in [4.78, 5) is 24.1. The molecule has 0 amide bonds. The molecule has 0 radical (unpaired) electrons. The molecule has 2 aromatic carbocycles. The third-order valence-corrected chi connectivity index (χ3v) is 4.30. The number of hydrogen-bond acceptors (Lipinski definition) is 8. The Hall–Kier alpha value is -4.46. The lowest BCUT2D eigenvalue weighted by Crippen LogP contribution is -2.03. The number of nitrogens with zero attached hydrogens (tertiary/aromatic N) is 3. The maximum Gasteiger partial charge on any atom is 0.356 e. The molecule has 2 heterocycles. The van der Waals surface area contributed by atoms with Crippen LogP contribution < -0.4 is 15.8 Å². The molecule has 0 unspecified atom stereocenters. The highest BCUT2D eigenvalue weighted by atomic mass is 16.5. The molecule has 4 aromatic rings. The molecule has 154 valence electrons. The molecule has 3 N–H and O–H groups in total. The predicted molar refractivity (Wildman–Crippen MR) is 117 cm³/mol. The monoisotopic (exact) mass is 413 g/mol. The zero-order valence-electron chi connectivity index (χ0n) is 16.6. The number of hydrogen-bond donors (Lipinski definition) is 2. The van der Waals surface area contributed by atoms with E-state index in [1.54, 1.807) is 18.2 Å². The molecule has 8 heteroatoms. The summed E-state index contributed by atoms with van der Waals surface area (Å²) in [6, 6.07) is 22.0. The number of carbonyl (C=O) groups excluding carboxylic acids is 1. The quantitative estimate of drug-likeness (QED) is 0.446. The van der Waals surface area contributed by atoms with Crippen molar-refractivity contribution in [2.45, 2.75) is 0 Å². The highest BCUT2D eigenvalue weighted by molar-refractivity contribution is 5.87. The number of esters is 1. The Morgan fingerprint density at radius 2 is 1.71 bits per heavy atom. The number of nitrogens with two attached hydrogens (primary N) is 1. The van der Waals surface area contributed by atoms with Gasteiger partial charge in [0.15, 0.2) is 5.69 Å². The average molecular weight is 413 g/mol. The van der Waals surface area contributed by atoms with Crippen LogP contribution in [-0.4, -0.2) is 28.0 Å². The van der Waals surface area contributed by atoms with Gasteiger partial charge >= 0.3 is 5.97 Å². The highest BCUT2D eigenvalue weighted by Gasteiger charge is 2.09. The molecule has 0 aliphatic carbocycles. The number of carbonyl (C=O) groups is 1. The molecule has 4 rings (SSSR count). The van der Waals surface area contributed by atoms with Gasteiger partial charge < -0.3 is 20.5 Å². The maximum absolute atomic E-state index is 11.6. The normalized spacial score (nSPS) is 10.4. The third kappa shape index (κ3) is 4.94. The van der Waals surface area contributed by atoms with E-state index in [1.165, 1.54) is 19.4 Å². The topological polar surface area (TPSA) is 112 Å². The summed E-state index contributed by atoms with van der Waals surface area (Å²) in [5.41, 5.74) is 8.54. The fourth-order valence-corrected chi connectivity index (χ4v) is 2.87. The Morgan fingerprint density at radius 1 is 0.935 bits per heavy atom. The van der Waals surface area contributed by atoms with E-state index < -0.39 is 5.97 Å². The van der Waals surface area contributed by atoms with E-state index in [0.717, 1.165) is 16.9 Å². The fraction of sp³-hybridized carbons (Fsp3) is 0.0435. The van der Waals surface area contributed by atoms with Crippen molar-refractivity contribution in [1.29, 1.82) is 0 Å². The Bertz CT molecular complexity index is 1200. The third-order valence-electron chi connectivity index (χ3n) is 4.30. The van der Waals surface area contributed by atoms with Gasteiger partial charge in [-0.25, -0.2) is 14.8 Å². The van der Waals surface area contributed by atoms with E-state index >= 15 is 0 Å². The van der Waals surface area contributed by atoms with Crippen LogP contribution in [0.2, 0.25) is 0 Å². The van der Waals surface area contributed by atoms with Gasteiger partial charge in [-0.05, 0) is 30.3 Å². The summed E-state index contributed by atoms with van der Waals surface area (Å²) in [7, 11) is 1.30. The number of methoxy groups -OCH3 is 1. The van der Waals surface area contributed by atoms with E-state index in [0.29, 0.717) is 17.3 Å². The number of rotatable bonds is 6. The van der Waals surface area contributed by atoms with Crippen LogP contribution in [0.15, 0.2) is 79.0 Å². The smallest absolute Gasteiger partial charge is 0.356 e. The van der Waals surface area contributed by atoms with Crippen LogP contribution in [-0.2, 0) is 4.74 Å². The number of anilines is 3. The van der Waals surface area contributed by atoms with Gasteiger partial charge in [-0.3, -0.25) is 0 Å². The molecule has 0 aliphatic rings. The van der Waals surface area contributed by atoms with E-state index in [9.17, 15) is 4.79 Å². The van der Waals surface area contributed by atoms with Crippen molar-refractivity contribution in [3.05, 3.63) is 84.7 Å². The summed E-state index contributed by atoms with van der Waals surface area (Å²) in [5.74, 6) is 1.32. The summed E-state index contributed by atoms with van der Waals surface area (Å²) in [5, 5.41) is 3.22. The van der Waals surface area contributed by atoms with Gasteiger partial charge in [0.25, 0.3) is 0 Å². The molecule has 8 nitrogen and oxygen atoms in total. The van der Waals surface area contributed by atoms with Gasteiger partial charge in [-0.1, -0.05) is 30.3 Å². The number of aromatic nitrogens is 3. The zero-order valence-corrected chi connectivity index (χ0v) is 16.6. The molecular formula is C23H19N5O3. The van der Waals surface area contributed by atoms with E-state index in [-0.39, 0.29) is 11.6 Å². The molecule has 0 aliphatic heterocycles. The van der Waals surface area contributed by atoms with Crippen molar-refractivity contribution < 1.29 is 14.3 Å². The van der Waals surface area contributed by atoms with Gasteiger partial charge in [-0.15, -0.1) is 0 Å². The Balaban J connectivity index is 1.48. The van der Waals surface area contributed by atoms with Crippen LogP contribution in [0.25, 0.3) is 11.3 Å². The molecule has 0 saturated carbocycles. The molecule has 31 heavy (non-hydrogen) atoms. The highest BCUT2D eigenvalue weighted by Crippen LogP contribution is 2.26. The molecule has 0 fully saturated rings. The van der Waals surface area contributed by atoms with Crippen LogP contribution in [0.3, 0.4) is 0 Å². The second-order valence-corrected chi connectivity index (χ2v) is 6.48. The fourth-order valence-electron chi connectivity index (χ4n) is 2.87. The Kier molecular flexibility index (Phi) is 5.70. The minimum absolute atomic E-state index is 0.175. The van der Waals surface area contributed by atoms with Crippen LogP contribution in [0.5, 0.6) is 11.5 Å². The van der Waals surface area contributed by atoms with Gasteiger partial charge in [0.2, 0.25) is 5.95 Å². The number of ether oxygens (including phenoxy) is 2. The minimum atomic E-state index is -0.524. The van der Waals surface area contributed by atoms with Crippen molar-refractivity contribution in [2.24, 2.45) is 0 Å². The van der Waals surface area contributed by atoms with E-state index in [1.807, 2.05) is 48.5 Å². The molecule has 0 saturated heterocycles. The summed E-state index contributed by atoms with van der Waals surface area (Å²) in [6.07, 6.45) is 1.49. The second kappa shape index (κ2) is 8.91. The number of pyridine rings is 1. The van der Waals surface area contributed by atoms with E-state index in [4.69, 9.17) is 10.5 Å². The number of nitrogen functional groups attached to an aromatic ring is 1. The summed E-state index contributed by atoms with van der Waals surface area (Å²) in [6.45, 7) is 0. The van der Waals surface area contributed by atoms with Crippen molar-refractivity contribution in [3.63, 3.8) is 0 Å². The lowest BCUT2D eigenvalue weighted by Gasteiger charge is -2.10. The first-order valence-electron chi connectivity index (χ1n) is 9.40. The Labute approximate surface area is 178 Å². The standard InChI is InChI=1S/C23H19N5O3/c1-30-22(29)20-13-18(11-12-25-20)31-17-9-7-16(8-10-17)26-21-14-19(27-23(24)28-21)15-5-3-2-4-6-15/h2-14H,1H3,(H3,24,26,27,28). The molecule has 0 atom stereocenters. The van der Waals surface area contributed by atoms with Crippen molar-refractivity contribution in [3.8, 4) is 22.8 Å². The van der Waals surface area contributed by atoms with Crippen LogP contribution in [0, 0.1) is 0 Å². The van der Waals surface area contributed by atoms with Crippen molar-refractivity contribution in [1.82, 2.24) is 15.0 Å². The minimum Gasteiger partial charge on any atom is -0.464 e. The van der Waals surface area contributed by atoms with E-state index in [2.05, 4.69) is 25.0 Å². The largest absolute Gasteiger partial charge is 0.464 e. The number of nitrogens with one attached hydrogen (secondary N) is 1. The predicted octanol–water partition coefficient (Wildman–Crippen LogP) is 4.44. The van der Waals surface area contributed by atoms with Gasteiger partial charge in [0.1, 0.15) is 17.3 Å². The molecule has 2 aromatic heterocycles. The van der Waals surface area contributed by atoms with Crippen LogP contribution in [0.4, 0.5) is 17.5 Å². The SMILES string of the molecule is COC(=O)c1cc(Oc2ccc(Nc3cc(-c4ccccc4)nc(N)n3)cc2)ccn1. The van der Waals surface area contributed by atoms with Gasteiger partial charge in [-0.2, -0.15) is 4.98 Å². The molecular weight excluding hydrogens is 394 g/mol. The summed E-state index contributed by atoms with van der Waals surface area (Å²) < 4.78 is 10.5. The zero-order chi connectivity index (χ0) is 21.6. The first-order chi connectivity index (χ1) is 15.1. The lowest BCUT2D eigenvalue weighted by molar-refractivity contribution is 0.0593. The molecule has 0 bridgehead atoms. The van der Waals surface area contributed by atoms with Crippen LogP contribution in [0.1, 0.15) is 10.5 Å². The average Bonchev–Trinajstić information content (AvgIpc) is 2.80. The van der Waals surface area contributed by atoms with Gasteiger partial charge in [0.05, 0.1) is 12.8 Å². The van der Waals surface area contributed by atoms with Crippen molar-refractivity contribution >= 4 is 23.4 Å². The molecule has 0 spiro atoms. The maximum atomic E-state index is 11.6. The van der Waals surface area contributed by atoms with Gasteiger partial charge in [0, 0.05) is 29.6 Å². The number of benzene rings is 2. The second-order valence-electron chi connectivity index (χ2n) is 6.48. The van der Waals surface area contributed by atoms with Crippen molar-refractivity contribution in [2.75, 3.05) is 18.2 Å². The first-order valence-corrected chi connectivity index (χ1v) is 9.40. The Morgan fingerprint density at radius 3 is 2.45 bits per heavy atom. The summed E-state index contributed by atoms with van der Waals surface area (Å²) >= 11 is 0.